The molecule has 2 aliphatic rings. The molecule has 0 aliphatic carbocycles. The average molecular weight is 445 g/mol. The predicted octanol–water partition coefficient (Wildman–Crippen LogP) is 4.22. The Morgan fingerprint density at radius 3 is 2.39 bits per heavy atom. The SMILES string of the molecule is O=C1C(=O)N(Cc2ccccc2)C(c2ccccc2F)/C1=C(/O)c1ccc2c(c1)OCCO2. The highest BCUT2D eigenvalue weighted by atomic mass is 19.1. The van der Waals surface area contributed by atoms with Crippen molar-refractivity contribution in [2.24, 2.45) is 0 Å². The number of benzene rings is 3. The van der Waals surface area contributed by atoms with Crippen molar-refractivity contribution in [3.63, 3.8) is 0 Å². The molecule has 0 spiro atoms. The van der Waals surface area contributed by atoms with E-state index in [4.69, 9.17) is 9.47 Å². The molecule has 5 rings (SSSR count). The van der Waals surface area contributed by atoms with E-state index in [-0.39, 0.29) is 23.2 Å². The van der Waals surface area contributed by atoms with Gasteiger partial charge < -0.3 is 19.5 Å². The number of Topliss-reactive ketones (excluding diaryl/α,β-unsaturated/α-hetero) is 1. The molecule has 2 heterocycles. The molecule has 3 aromatic rings. The van der Waals surface area contributed by atoms with Crippen molar-refractivity contribution in [1.82, 2.24) is 4.90 Å². The number of hydrogen-bond donors (Lipinski definition) is 1. The van der Waals surface area contributed by atoms with Gasteiger partial charge in [-0.3, -0.25) is 9.59 Å². The molecule has 1 amide bonds. The van der Waals surface area contributed by atoms with Crippen molar-refractivity contribution in [3.8, 4) is 11.5 Å². The number of amides is 1. The van der Waals surface area contributed by atoms with Gasteiger partial charge in [0.2, 0.25) is 0 Å². The minimum atomic E-state index is -1.08. The molecule has 1 saturated heterocycles. The normalized spacial score (nSPS) is 19.1. The Kier molecular flexibility index (Phi) is 5.30. The van der Waals surface area contributed by atoms with Crippen molar-refractivity contribution in [1.29, 1.82) is 0 Å². The molecule has 1 atom stereocenters. The third kappa shape index (κ3) is 3.71. The van der Waals surface area contributed by atoms with Gasteiger partial charge >= 0.3 is 0 Å². The van der Waals surface area contributed by atoms with E-state index in [9.17, 15) is 19.1 Å². The van der Waals surface area contributed by atoms with Crippen molar-refractivity contribution in [3.05, 3.63) is 101 Å². The number of nitrogens with zero attached hydrogens (tertiary/aromatic N) is 1. The lowest BCUT2D eigenvalue weighted by molar-refractivity contribution is -0.140. The van der Waals surface area contributed by atoms with Gasteiger partial charge in [0.15, 0.2) is 11.5 Å². The number of halogens is 1. The molecule has 1 N–H and O–H groups in total. The molecule has 166 valence electrons. The number of rotatable bonds is 4. The molecule has 0 bridgehead atoms. The zero-order valence-corrected chi connectivity index (χ0v) is 17.5. The maximum Gasteiger partial charge on any atom is 0.295 e. The summed E-state index contributed by atoms with van der Waals surface area (Å²) in [7, 11) is 0. The second-order valence-corrected chi connectivity index (χ2v) is 7.79. The van der Waals surface area contributed by atoms with Crippen LogP contribution < -0.4 is 9.47 Å². The topological polar surface area (TPSA) is 76.1 Å². The molecule has 1 unspecified atom stereocenters. The molecule has 2 aliphatic heterocycles. The molecule has 0 aromatic heterocycles. The zero-order chi connectivity index (χ0) is 22.9. The smallest absolute Gasteiger partial charge is 0.295 e. The number of fused-ring (bicyclic) bond motifs is 1. The monoisotopic (exact) mass is 445 g/mol. The first-order chi connectivity index (χ1) is 16.0. The summed E-state index contributed by atoms with van der Waals surface area (Å²) in [6.07, 6.45) is 0. The Hall–Kier alpha value is -4.13. The summed E-state index contributed by atoms with van der Waals surface area (Å²) in [6, 6.07) is 18.7. The number of likely N-dealkylation sites (tertiary alicyclic amines) is 1. The van der Waals surface area contributed by atoms with Crippen LogP contribution in [0.15, 0.2) is 78.4 Å². The van der Waals surface area contributed by atoms with Crippen molar-refractivity contribution in [2.75, 3.05) is 13.2 Å². The number of aliphatic hydroxyl groups is 1. The molecular formula is C26H20FNO5. The first-order valence-electron chi connectivity index (χ1n) is 10.5. The molecular weight excluding hydrogens is 425 g/mol. The van der Waals surface area contributed by atoms with E-state index < -0.39 is 29.3 Å². The molecule has 7 heteroatoms. The van der Waals surface area contributed by atoms with Gasteiger partial charge in [0.25, 0.3) is 11.7 Å². The summed E-state index contributed by atoms with van der Waals surface area (Å²) in [5, 5.41) is 11.2. The molecule has 33 heavy (non-hydrogen) atoms. The van der Waals surface area contributed by atoms with Crippen LogP contribution >= 0.6 is 0 Å². The van der Waals surface area contributed by atoms with Crippen LogP contribution in [0.3, 0.4) is 0 Å². The standard InChI is InChI=1S/C26H20FNO5/c27-19-9-5-4-8-18(19)23-22(24(29)17-10-11-20-21(14-17)33-13-12-32-20)25(30)26(31)28(23)15-16-6-2-1-3-7-16/h1-11,14,23,29H,12-13,15H2/b24-22-. The summed E-state index contributed by atoms with van der Waals surface area (Å²) in [5.74, 6) is -1.69. The average Bonchev–Trinajstić information content (AvgIpc) is 3.09. The fourth-order valence-electron chi connectivity index (χ4n) is 4.19. The molecule has 3 aromatic carbocycles. The van der Waals surface area contributed by atoms with E-state index in [0.717, 1.165) is 5.56 Å². The zero-order valence-electron chi connectivity index (χ0n) is 17.5. The first-order valence-corrected chi connectivity index (χ1v) is 10.5. The number of ketones is 1. The Balaban J connectivity index is 1.65. The van der Waals surface area contributed by atoms with E-state index in [1.54, 1.807) is 24.3 Å². The van der Waals surface area contributed by atoms with Gasteiger partial charge in [-0.2, -0.15) is 0 Å². The first kappa shape index (κ1) is 20.8. The maximum absolute atomic E-state index is 14.9. The fraction of sp³-hybridized carbons (Fsp3) is 0.154. The largest absolute Gasteiger partial charge is 0.507 e. The number of carbonyl (C=O) groups excluding carboxylic acids is 2. The number of carbonyl (C=O) groups is 2. The Morgan fingerprint density at radius 2 is 1.64 bits per heavy atom. The van der Waals surface area contributed by atoms with Crippen LogP contribution in [0.4, 0.5) is 4.39 Å². The summed E-state index contributed by atoms with van der Waals surface area (Å²) in [4.78, 5) is 27.5. The third-order valence-electron chi connectivity index (χ3n) is 5.75. The van der Waals surface area contributed by atoms with Crippen LogP contribution in [-0.2, 0) is 16.1 Å². The van der Waals surface area contributed by atoms with Crippen LogP contribution in [-0.4, -0.2) is 34.9 Å². The summed E-state index contributed by atoms with van der Waals surface area (Å²) in [6.45, 7) is 0.854. The van der Waals surface area contributed by atoms with Gasteiger partial charge in [-0.25, -0.2) is 4.39 Å². The molecule has 1 fully saturated rings. The van der Waals surface area contributed by atoms with Crippen LogP contribution in [0.1, 0.15) is 22.7 Å². The summed E-state index contributed by atoms with van der Waals surface area (Å²) in [5.41, 5.74) is 1.02. The number of hydrogen-bond acceptors (Lipinski definition) is 5. The van der Waals surface area contributed by atoms with Crippen LogP contribution in [0.2, 0.25) is 0 Å². The van der Waals surface area contributed by atoms with Gasteiger partial charge in [-0.05, 0) is 29.8 Å². The van der Waals surface area contributed by atoms with Crippen LogP contribution in [0, 0.1) is 5.82 Å². The Morgan fingerprint density at radius 1 is 0.939 bits per heavy atom. The van der Waals surface area contributed by atoms with Gasteiger partial charge in [-0.15, -0.1) is 0 Å². The highest BCUT2D eigenvalue weighted by Gasteiger charge is 2.47. The summed E-state index contributed by atoms with van der Waals surface area (Å²) >= 11 is 0. The van der Waals surface area contributed by atoms with Crippen molar-refractivity contribution < 1.29 is 28.6 Å². The van der Waals surface area contributed by atoms with Crippen LogP contribution in [0.25, 0.3) is 5.76 Å². The summed E-state index contributed by atoms with van der Waals surface area (Å²) < 4.78 is 26.0. The number of ether oxygens (including phenoxy) is 2. The van der Waals surface area contributed by atoms with Gasteiger partial charge in [0, 0.05) is 17.7 Å². The molecule has 6 nitrogen and oxygen atoms in total. The quantitative estimate of drug-likeness (QED) is 0.370. The van der Waals surface area contributed by atoms with Crippen LogP contribution in [0.5, 0.6) is 11.5 Å². The number of aliphatic hydroxyl groups excluding tert-OH is 1. The molecule has 0 saturated carbocycles. The minimum Gasteiger partial charge on any atom is -0.507 e. The fourth-order valence-corrected chi connectivity index (χ4v) is 4.19. The van der Waals surface area contributed by atoms with Gasteiger partial charge in [0.05, 0.1) is 11.6 Å². The van der Waals surface area contributed by atoms with E-state index in [0.29, 0.717) is 24.7 Å². The van der Waals surface area contributed by atoms with Crippen molar-refractivity contribution >= 4 is 17.4 Å². The van der Waals surface area contributed by atoms with Crippen molar-refractivity contribution in [2.45, 2.75) is 12.6 Å². The second kappa shape index (κ2) is 8.43. The highest BCUT2D eigenvalue weighted by Crippen LogP contribution is 2.42. The second-order valence-electron chi connectivity index (χ2n) is 7.79. The van der Waals surface area contributed by atoms with E-state index in [2.05, 4.69) is 0 Å². The molecule has 0 radical (unpaired) electrons. The lowest BCUT2D eigenvalue weighted by Crippen LogP contribution is -2.29. The lowest BCUT2D eigenvalue weighted by atomic mass is 9.94. The Labute approximate surface area is 189 Å². The van der Waals surface area contributed by atoms with E-state index >= 15 is 0 Å². The predicted molar refractivity (Wildman–Crippen MR) is 118 cm³/mol. The minimum absolute atomic E-state index is 0.0856. The maximum atomic E-state index is 14.9. The highest BCUT2D eigenvalue weighted by molar-refractivity contribution is 6.46. The lowest BCUT2D eigenvalue weighted by Gasteiger charge is -2.26. The third-order valence-corrected chi connectivity index (χ3v) is 5.75. The van der Waals surface area contributed by atoms with E-state index in [1.165, 1.54) is 23.1 Å². The van der Waals surface area contributed by atoms with Gasteiger partial charge in [-0.1, -0.05) is 48.5 Å². The Bertz CT molecular complexity index is 1270. The van der Waals surface area contributed by atoms with E-state index in [1.807, 2.05) is 30.3 Å². The van der Waals surface area contributed by atoms with Gasteiger partial charge in [0.1, 0.15) is 24.8 Å².